The molecule has 0 aliphatic rings. The predicted octanol–water partition coefficient (Wildman–Crippen LogP) is 2.31. The van der Waals surface area contributed by atoms with Crippen molar-refractivity contribution in [3.05, 3.63) is 42.2 Å². The first kappa shape index (κ1) is 10.9. The van der Waals surface area contributed by atoms with Gasteiger partial charge in [-0.3, -0.25) is 4.98 Å². The van der Waals surface area contributed by atoms with E-state index in [0.717, 1.165) is 19.3 Å². The van der Waals surface area contributed by atoms with Gasteiger partial charge in [-0.1, -0.05) is 19.1 Å². The molecule has 0 aliphatic carbocycles. The highest BCUT2D eigenvalue weighted by molar-refractivity contribution is 5.12. The molecule has 1 atom stereocenters. The fraction of sp³-hybridized carbons (Fsp3) is 0.417. The largest absolute Gasteiger partial charge is 0.327 e. The summed E-state index contributed by atoms with van der Waals surface area (Å²) in [5.41, 5.74) is 8.48. The Bertz CT molecular complexity index is 280. The van der Waals surface area contributed by atoms with Crippen molar-refractivity contribution in [2.24, 2.45) is 5.73 Å². The predicted molar refractivity (Wildman–Crippen MR) is 60.0 cm³/mol. The van der Waals surface area contributed by atoms with Crippen molar-refractivity contribution in [2.75, 3.05) is 0 Å². The molecule has 0 saturated heterocycles. The van der Waals surface area contributed by atoms with Crippen LogP contribution in [0.25, 0.3) is 0 Å². The SMILES string of the molecule is C=C(CC)CC(N)Cc1ccncc1. The molecule has 0 spiro atoms. The maximum Gasteiger partial charge on any atom is 0.0270 e. The fourth-order valence-electron chi connectivity index (χ4n) is 1.41. The van der Waals surface area contributed by atoms with Gasteiger partial charge in [0.1, 0.15) is 0 Å². The summed E-state index contributed by atoms with van der Waals surface area (Å²) in [4.78, 5) is 3.97. The van der Waals surface area contributed by atoms with E-state index in [0.29, 0.717) is 0 Å². The fourth-order valence-corrected chi connectivity index (χ4v) is 1.41. The van der Waals surface area contributed by atoms with Crippen LogP contribution in [0.1, 0.15) is 25.3 Å². The Hall–Kier alpha value is -1.15. The lowest BCUT2D eigenvalue weighted by molar-refractivity contribution is 0.650. The number of nitrogens with zero attached hydrogens (tertiary/aromatic N) is 1. The summed E-state index contributed by atoms with van der Waals surface area (Å²) in [6.07, 6.45) is 6.44. The van der Waals surface area contributed by atoms with Gasteiger partial charge in [-0.15, -0.1) is 0 Å². The number of rotatable bonds is 5. The zero-order valence-electron chi connectivity index (χ0n) is 8.74. The average molecular weight is 190 g/mol. The van der Waals surface area contributed by atoms with Gasteiger partial charge in [0.2, 0.25) is 0 Å². The van der Waals surface area contributed by atoms with Crippen molar-refractivity contribution in [2.45, 2.75) is 32.2 Å². The topological polar surface area (TPSA) is 38.9 Å². The number of hydrogen-bond donors (Lipinski definition) is 1. The van der Waals surface area contributed by atoms with Crippen LogP contribution in [0.2, 0.25) is 0 Å². The van der Waals surface area contributed by atoms with Gasteiger partial charge in [0.25, 0.3) is 0 Å². The molecule has 0 radical (unpaired) electrons. The van der Waals surface area contributed by atoms with Crippen molar-refractivity contribution < 1.29 is 0 Å². The first-order chi connectivity index (χ1) is 6.72. The van der Waals surface area contributed by atoms with Crippen LogP contribution in [0.15, 0.2) is 36.7 Å². The summed E-state index contributed by atoms with van der Waals surface area (Å²) in [5, 5.41) is 0. The summed E-state index contributed by atoms with van der Waals surface area (Å²) in [7, 11) is 0. The van der Waals surface area contributed by atoms with Crippen LogP contribution in [0, 0.1) is 0 Å². The second-order valence-electron chi connectivity index (χ2n) is 3.63. The maximum absolute atomic E-state index is 6.00. The monoisotopic (exact) mass is 190 g/mol. The zero-order valence-corrected chi connectivity index (χ0v) is 8.74. The van der Waals surface area contributed by atoms with Crippen molar-refractivity contribution in [1.82, 2.24) is 4.98 Å². The van der Waals surface area contributed by atoms with E-state index in [1.165, 1.54) is 11.1 Å². The van der Waals surface area contributed by atoms with Gasteiger partial charge in [-0.05, 0) is 37.0 Å². The molecule has 0 amide bonds. The van der Waals surface area contributed by atoms with E-state index in [1.54, 1.807) is 12.4 Å². The van der Waals surface area contributed by atoms with Gasteiger partial charge >= 0.3 is 0 Å². The Morgan fingerprint density at radius 3 is 2.71 bits per heavy atom. The molecule has 0 fully saturated rings. The van der Waals surface area contributed by atoms with Crippen molar-refractivity contribution >= 4 is 0 Å². The van der Waals surface area contributed by atoms with Crippen molar-refractivity contribution in [3.63, 3.8) is 0 Å². The van der Waals surface area contributed by atoms with E-state index in [1.807, 2.05) is 12.1 Å². The van der Waals surface area contributed by atoms with Crippen LogP contribution in [-0.4, -0.2) is 11.0 Å². The van der Waals surface area contributed by atoms with Crippen LogP contribution in [0.4, 0.5) is 0 Å². The molecule has 14 heavy (non-hydrogen) atoms. The molecule has 1 rings (SSSR count). The van der Waals surface area contributed by atoms with Gasteiger partial charge < -0.3 is 5.73 Å². The number of nitrogens with two attached hydrogens (primary N) is 1. The molecular formula is C12H18N2. The lowest BCUT2D eigenvalue weighted by atomic mass is 10.0. The maximum atomic E-state index is 6.00. The zero-order chi connectivity index (χ0) is 10.4. The van der Waals surface area contributed by atoms with Gasteiger partial charge in [-0.2, -0.15) is 0 Å². The molecule has 0 bridgehead atoms. The second-order valence-corrected chi connectivity index (χ2v) is 3.63. The van der Waals surface area contributed by atoms with Gasteiger partial charge in [0.05, 0.1) is 0 Å². The third-order valence-corrected chi connectivity index (χ3v) is 2.30. The Balaban J connectivity index is 2.41. The Kier molecular flexibility index (Phi) is 4.33. The van der Waals surface area contributed by atoms with E-state index in [-0.39, 0.29) is 6.04 Å². The summed E-state index contributed by atoms with van der Waals surface area (Å²) in [6, 6.07) is 4.20. The minimum Gasteiger partial charge on any atom is -0.327 e. The Morgan fingerprint density at radius 2 is 2.14 bits per heavy atom. The third kappa shape index (κ3) is 3.71. The summed E-state index contributed by atoms with van der Waals surface area (Å²) in [6.45, 7) is 6.08. The number of hydrogen-bond acceptors (Lipinski definition) is 2. The van der Waals surface area contributed by atoms with Crippen LogP contribution in [0.5, 0.6) is 0 Å². The lowest BCUT2D eigenvalue weighted by Crippen LogP contribution is -2.23. The smallest absolute Gasteiger partial charge is 0.0270 e. The molecule has 2 heteroatoms. The van der Waals surface area contributed by atoms with Crippen molar-refractivity contribution in [1.29, 1.82) is 0 Å². The summed E-state index contributed by atoms with van der Waals surface area (Å²) in [5.74, 6) is 0. The van der Waals surface area contributed by atoms with Crippen LogP contribution < -0.4 is 5.73 Å². The van der Waals surface area contributed by atoms with E-state index in [4.69, 9.17) is 5.73 Å². The summed E-state index contributed by atoms with van der Waals surface area (Å²) >= 11 is 0. The van der Waals surface area contributed by atoms with Crippen LogP contribution in [-0.2, 0) is 6.42 Å². The molecule has 1 aromatic rings. The molecule has 2 nitrogen and oxygen atoms in total. The third-order valence-electron chi connectivity index (χ3n) is 2.30. The van der Waals surface area contributed by atoms with E-state index >= 15 is 0 Å². The second kappa shape index (κ2) is 5.55. The Morgan fingerprint density at radius 1 is 1.50 bits per heavy atom. The average Bonchev–Trinajstić information content (AvgIpc) is 2.19. The minimum atomic E-state index is 0.185. The highest BCUT2D eigenvalue weighted by atomic mass is 14.6. The van der Waals surface area contributed by atoms with E-state index < -0.39 is 0 Å². The lowest BCUT2D eigenvalue weighted by Gasteiger charge is -2.12. The van der Waals surface area contributed by atoms with Crippen LogP contribution >= 0.6 is 0 Å². The molecule has 2 N–H and O–H groups in total. The molecule has 0 aromatic carbocycles. The van der Waals surface area contributed by atoms with Crippen molar-refractivity contribution in [3.8, 4) is 0 Å². The molecule has 0 saturated carbocycles. The van der Waals surface area contributed by atoms with Gasteiger partial charge in [0.15, 0.2) is 0 Å². The minimum absolute atomic E-state index is 0.185. The van der Waals surface area contributed by atoms with Crippen LogP contribution in [0.3, 0.4) is 0 Å². The standard InChI is InChI=1S/C12H18N2/c1-3-10(2)8-12(13)9-11-4-6-14-7-5-11/h4-7,12H,2-3,8-9,13H2,1H3. The van der Waals surface area contributed by atoms with E-state index in [2.05, 4.69) is 18.5 Å². The molecular weight excluding hydrogens is 172 g/mol. The molecule has 1 heterocycles. The quantitative estimate of drug-likeness (QED) is 0.724. The molecule has 0 aliphatic heterocycles. The Labute approximate surface area is 85.9 Å². The summed E-state index contributed by atoms with van der Waals surface area (Å²) < 4.78 is 0. The first-order valence-corrected chi connectivity index (χ1v) is 5.03. The number of pyridine rings is 1. The van der Waals surface area contributed by atoms with E-state index in [9.17, 15) is 0 Å². The molecule has 76 valence electrons. The van der Waals surface area contributed by atoms with Gasteiger partial charge in [-0.25, -0.2) is 0 Å². The highest BCUT2D eigenvalue weighted by Crippen LogP contribution is 2.09. The first-order valence-electron chi connectivity index (χ1n) is 5.03. The molecule has 1 unspecified atom stereocenters. The van der Waals surface area contributed by atoms with Gasteiger partial charge in [0, 0.05) is 18.4 Å². The number of aromatic nitrogens is 1. The highest BCUT2D eigenvalue weighted by Gasteiger charge is 2.04. The normalized spacial score (nSPS) is 12.4. The molecule has 1 aromatic heterocycles.